The van der Waals surface area contributed by atoms with Crippen LogP contribution in [0.1, 0.15) is 36.5 Å². The van der Waals surface area contributed by atoms with Gasteiger partial charge in [-0.1, -0.05) is 6.92 Å². The van der Waals surface area contributed by atoms with Crippen LogP contribution in [0.5, 0.6) is 17.2 Å². The second kappa shape index (κ2) is 7.78. The highest BCUT2D eigenvalue weighted by Gasteiger charge is 2.25. The Labute approximate surface area is 152 Å². The fourth-order valence-electron chi connectivity index (χ4n) is 3.47. The van der Waals surface area contributed by atoms with Crippen LogP contribution in [0.4, 0.5) is 0 Å². The highest BCUT2D eigenvalue weighted by molar-refractivity contribution is 5.99. The minimum absolute atomic E-state index is 0.0426. The first-order chi connectivity index (χ1) is 12.5. The van der Waals surface area contributed by atoms with Crippen molar-refractivity contribution in [2.45, 2.75) is 32.3 Å². The number of piperidine rings is 1. The zero-order valence-corrected chi connectivity index (χ0v) is 15.0. The van der Waals surface area contributed by atoms with Crippen LogP contribution in [0.25, 0.3) is 10.9 Å². The predicted molar refractivity (Wildman–Crippen MR) is 97.2 cm³/mol. The lowest BCUT2D eigenvalue weighted by molar-refractivity contribution is 0.0693. The molecule has 2 unspecified atom stereocenters. The maximum Gasteiger partial charge on any atom is 0.341 e. The maximum atomic E-state index is 11.2. The van der Waals surface area contributed by atoms with Gasteiger partial charge in [0.05, 0.1) is 12.6 Å². The first-order valence-corrected chi connectivity index (χ1v) is 8.85. The van der Waals surface area contributed by atoms with Crippen molar-refractivity contribution in [3.63, 3.8) is 0 Å². The monoisotopic (exact) mass is 360 g/mol. The molecule has 1 aliphatic rings. The number of aromatic hydroxyl groups is 1. The molecule has 1 aromatic carbocycles. The van der Waals surface area contributed by atoms with Gasteiger partial charge in [-0.05, 0) is 31.9 Å². The summed E-state index contributed by atoms with van der Waals surface area (Å²) in [6, 6.07) is 3.27. The summed E-state index contributed by atoms with van der Waals surface area (Å²) < 4.78 is 11.7. The van der Waals surface area contributed by atoms with Crippen LogP contribution >= 0.6 is 0 Å². The zero-order chi connectivity index (χ0) is 18.7. The topological polar surface area (TPSA) is 101 Å². The Hall–Kier alpha value is -2.54. The number of hydrogen-bond acceptors (Lipinski definition) is 6. The summed E-state index contributed by atoms with van der Waals surface area (Å²) in [6.45, 7) is 4.06. The third kappa shape index (κ3) is 3.53. The van der Waals surface area contributed by atoms with Crippen molar-refractivity contribution in [3.05, 3.63) is 23.9 Å². The fourth-order valence-corrected chi connectivity index (χ4v) is 3.47. The Morgan fingerprint density at radius 3 is 2.85 bits per heavy atom. The van der Waals surface area contributed by atoms with Crippen LogP contribution in [-0.4, -0.2) is 47.5 Å². The van der Waals surface area contributed by atoms with Gasteiger partial charge in [-0.15, -0.1) is 0 Å². The molecule has 7 nitrogen and oxygen atoms in total. The Morgan fingerprint density at radius 1 is 1.42 bits per heavy atom. The molecule has 3 rings (SSSR count). The number of methoxy groups -OCH3 is 1. The van der Waals surface area contributed by atoms with Gasteiger partial charge in [-0.25, -0.2) is 4.79 Å². The summed E-state index contributed by atoms with van der Waals surface area (Å²) >= 11 is 0. The van der Waals surface area contributed by atoms with Crippen LogP contribution in [0.2, 0.25) is 0 Å². The number of nitrogens with zero attached hydrogens (tertiary/aromatic N) is 1. The molecule has 2 atom stereocenters. The van der Waals surface area contributed by atoms with Crippen molar-refractivity contribution in [3.8, 4) is 17.2 Å². The van der Waals surface area contributed by atoms with E-state index in [1.807, 2.05) is 0 Å². The molecule has 2 heterocycles. The first-order valence-electron chi connectivity index (χ1n) is 8.85. The van der Waals surface area contributed by atoms with E-state index in [4.69, 9.17) is 14.6 Å². The molecule has 1 saturated heterocycles. The Kier molecular flexibility index (Phi) is 5.46. The molecule has 26 heavy (non-hydrogen) atoms. The number of benzene rings is 1. The van der Waals surface area contributed by atoms with E-state index in [-0.39, 0.29) is 17.4 Å². The largest absolute Gasteiger partial charge is 0.506 e. The summed E-state index contributed by atoms with van der Waals surface area (Å²) in [7, 11) is 1.52. The maximum absolute atomic E-state index is 11.2. The Balaban J connectivity index is 1.97. The molecule has 140 valence electrons. The molecule has 1 aromatic heterocycles. The van der Waals surface area contributed by atoms with E-state index in [9.17, 15) is 9.90 Å². The molecular formula is C19H24N2O5. The van der Waals surface area contributed by atoms with Gasteiger partial charge in [-0.3, -0.25) is 4.98 Å². The van der Waals surface area contributed by atoms with Crippen LogP contribution in [0.3, 0.4) is 0 Å². The molecule has 7 heteroatoms. The quantitative estimate of drug-likeness (QED) is 0.728. The molecular weight excluding hydrogens is 336 g/mol. The summed E-state index contributed by atoms with van der Waals surface area (Å²) in [5, 5.41) is 23.1. The van der Waals surface area contributed by atoms with Gasteiger partial charge in [0.2, 0.25) is 0 Å². The van der Waals surface area contributed by atoms with Crippen LogP contribution in [0.15, 0.2) is 18.3 Å². The van der Waals surface area contributed by atoms with Gasteiger partial charge >= 0.3 is 5.97 Å². The normalized spacial score (nSPS) is 18.5. The number of aromatic nitrogens is 1. The number of pyridine rings is 1. The number of nitrogens with one attached hydrogen (secondary N) is 1. The van der Waals surface area contributed by atoms with Crippen LogP contribution in [0, 0.1) is 5.92 Å². The van der Waals surface area contributed by atoms with Gasteiger partial charge in [0.1, 0.15) is 17.4 Å². The number of carboxylic acids is 1. The van der Waals surface area contributed by atoms with Gasteiger partial charge in [0, 0.05) is 30.1 Å². The SMILES string of the molecule is CCC(Oc1cc2ncc(C(=O)O)c(O)c2cc1OC)C1CCCNC1. The molecule has 3 N–H and O–H groups in total. The Morgan fingerprint density at radius 2 is 2.23 bits per heavy atom. The van der Waals surface area contributed by atoms with Crippen LogP contribution < -0.4 is 14.8 Å². The molecule has 0 amide bonds. The van der Waals surface area contributed by atoms with Crippen molar-refractivity contribution >= 4 is 16.9 Å². The number of aromatic carboxylic acids is 1. The van der Waals surface area contributed by atoms with Crippen LogP contribution in [-0.2, 0) is 0 Å². The van der Waals surface area contributed by atoms with Crippen molar-refractivity contribution in [1.29, 1.82) is 0 Å². The predicted octanol–water partition coefficient (Wildman–Crippen LogP) is 2.80. The molecule has 1 fully saturated rings. The second-order valence-corrected chi connectivity index (χ2v) is 6.52. The van der Waals surface area contributed by atoms with E-state index in [0.717, 1.165) is 38.5 Å². The summed E-state index contributed by atoms with van der Waals surface area (Å²) in [6.07, 6.45) is 4.30. The van der Waals surface area contributed by atoms with Gasteiger partial charge in [0.15, 0.2) is 11.5 Å². The molecule has 0 saturated carbocycles. The average Bonchev–Trinajstić information content (AvgIpc) is 2.66. The van der Waals surface area contributed by atoms with E-state index in [1.54, 1.807) is 12.1 Å². The van der Waals surface area contributed by atoms with E-state index in [0.29, 0.717) is 28.3 Å². The van der Waals surface area contributed by atoms with E-state index >= 15 is 0 Å². The highest BCUT2D eigenvalue weighted by atomic mass is 16.5. The molecule has 0 spiro atoms. The molecule has 0 bridgehead atoms. The summed E-state index contributed by atoms with van der Waals surface area (Å²) in [5.74, 6) is -0.139. The second-order valence-electron chi connectivity index (χ2n) is 6.52. The number of ether oxygens (including phenoxy) is 2. The third-order valence-corrected chi connectivity index (χ3v) is 4.90. The first kappa shape index (κ1) is 18.3. The number of carboxylic acid groups (broad SMARTS) is 1. The lowest BCUT2D eigenvalue weighted by Crippen LogP contribution is -2.39. The molecule has 1 aliphatic heterocycles. The number of rotatable bonds is 6. The molecule has 2 aromatic rings. The zero-order valence-electron chi connectivity index (χ0n) is 15.0. The van der Waals surface area contributed by atoms with Gasteiger partial charge in [0.25, 0.3) is 0 Å². The minimum atomic E-state index is -1.23. The van der Waals surface area contributed by atoms with E-state index < -0.39 is 5.97 Å². The lowest BCUT2D eigenvalue weighted by Gasteiger charge is -2.31. The highest BCUT2D eigenvalue weighted by Crippen LogP contribution is 2.38. The smallest absolute Gasteiger partial charge is 0.341 e. The van der Waals surface area contributed by atoms with E-state index in [1.165, 1.54) is 7.11 Å². The summed E-state index contributed by atoms with van der Waals surface area (Å²) in [5.41, 5.74) is 0.216. The lowest BCUT2D eigenvalue weighted by atomic mass is 9.92. The molecule has 0 radical (unpaired) electrons. The summed E-state index contributed by atoms with van der Waals surface area (Å²) in [4.78, 5) is 15.3. The fraction of sp³-hybridized carbons (Fsp3) is 0.474. The number of carbonyl (C=O) groups is 1. The van der Waals surface area contributed by atoms with E-state index in [2.05, 4.69) is 17.2 Å². The minimum Gasteiger partial charge on any atom is -0.506 e. The van der Waals surface area contributed by atoms with Gasteiger partial charge in [-0.2, -0.15) is 0 Å². The van der Waals surface area contributed by atoms with Gasteiger partial charge < -0.3 is 25.0 Å². The average molecular weight is 360 g/mol. The van der Waals surface area contributed by atoms with Crippen molar-refractivity contribution < 1.29 is 24.5 Å². The Bertz CT molecular complexity index is 802. The van der Waals surface area contributed by atoms with Crippen molar-refractivity contribution in [2.75, 3.05) is 20.2 Å². The third-order valence-electron chi connectivity index (χ3n) is 4.90. The standard InChI is InChI=1S/C19H24N2O5/c1-3-15(11-5-4-6-20-9-11)26-17-8-14-12(7-16(17)25-2)18(22)13(10-21-14)19(23)24/h7-8,10-11,15,20H,3-6,9H2,1-2H3,(H,21,22)(H,23,24). The van der Waals surface area contributed by atoms with Crippen molar-refractivity contribution in [2.24, 2.45) is 5.92 Å². The number of hydrogen-bond donors (Lipinski definition) is 3. The molecule has 0 aliphatic carbocycles. The number of fused-ring (bicyclic) bond motifs is 1. The van der Waals surface area contributed by atoms with Crippen molar-refractivity contribution in [1.82, 2.24) is 10.3 Å².